The van der Waals surface area contributed by atoms with E-state index in [0.29, 0.717) is 5.69 Å². The summed E-state index contributed by atoms with van der Waals surface area (Å²) in [5.74, 6) is -0.810. The number of sulfonamides is 1. The molecule has 266 valence electrons. The Morgan fingerprint density at radius 2 is 1.43 bits per heavy atom. The minimum absolute atomic E-state index is 0.0364. The van der Waals surface area contributed by atoms with E-state index in [1.165, 1.54) is 28.6 Å². The smallest absolute Gasteiger partial charge is 0.243 e. The van der Waals surface area contributed by atoms with Gasteiger partial charge in [0.25, 0.3) is 0 Å². The van der Waals surface area contributed by atoms with E-state index in [-0.39, 0.29) is 41.8 Å². The average Bonchev–Trinajstić information content (AvgIpc) is 3.83. The van der Waals surface area contributed by atoms with Crippen LogP contribution in [0.25, 0.3) is 0 Å². The molecule has 4 atom stereocenters. The standard InChI is InChI=1S/C38H53N5O5S/c1-26(2)24-43(49(47,48)31-19-17-30(39)18-20-31)25-33(44)32(23-28-13-9-7-10-14-28)40-36(46)34(37(4,5)6)41-35(45)27(3)42-38(21-22-38)29-15-11-8-12-16-29/h7-20,26-27,32-34,42,44H,21-25,39H2,1-6H3,(H,40,46)(H,41,45). The fourth-order valence-corrected chi connectivity index (χ4v) is 7.66. The third kappa shape index (κ3) is 10.1. The number of nitrogens with two attached hydrogens (primary N) is 1. The van der Waals surface area contributed by atoms with Crippen molar-refractivity contribution in [3.05, 3.63) is 96.1 Å². The molecule has 4 rings (SSSR count). The molecule has 10 nitrogen and oxygen atoms in total. The molecule has 0 spiro atoms. The highest BCUT2D eigenvalue weighted by Crippen LogP contribution is 2.45. The zero-order valence-electron chi connectivity index (χ0n) is 29.5. The number of amides is 2. The minimum atomic E-state index is -4.00. The second kappa shape index (κ2) is 15.8. The molecule has 4 unspecified atom stereocenters. The van der Waals surface area contributed by atoms with E-state index >= 15 is 0 Å². The van der Waals surface area contributed by atoms with Gasteiger partial charge in [0.2, 0.25) is 21.8 Å². The van der Waals surface area contributed by atoms with E-state index in [0.717, 1.165) is 24.0 Å². The summed E-state index contributed by atoms with van der Waals surface area (Å²) in [4.78, 5) is 27.7. The van der Waals surface area contributed by atoms with Gasteiger partial charge in [-0.1, -0.05) is 95.3 Å². The fourth-order valence-electron chi connectivity index (χ4n) is 6.04. The lowest BCUT2D eigenvalue weighted by atomic mass is 9.85. The molecule has 1 aliphatic carbocycles. The average molecular weight is 692 g/mol. The summed E-state index contributed by atoms with van der Waals surface area (Å²) in [6.07, 6.45) is 0.800. The van der Waals surface area contributed by atoms with Gasteiger partial charge in [0, 0.05) is 24.3 Å². The number of nitrogen functional groups attached to an aromatic ring is 1. The van der Waals surface area contributed by atoms with Crippen LogP contribution in [0.4, 0.5) is 5.69 Å². The second-order valence-electron chi connectivity index (χ2n) is 14.8. The lowest BCUT2D eigenvalue weighted by Gasteiger charge is -2.35. The molecule has 0 bridgehead atoms. The molecule has 2 amide bonds. The molecule has 6 N–H and O–H groups in total. The van der Waals surface area contributed by atoms with E-state index in [1.54, 1.807) is 6.92 Å². The van der Waals surface area contributed by atoms with Gasteiger partial charge >= 0.3 is 0 Å². The molecular weight excluding hydrogens is 639 g/mol. The highest BCUT2D eigenvalue weighted by atomic mass is 32.2. The van der Waals surface area contributed by atoms with Crippen LogP contribution in [-0.2, 0) is 31.6 Å². The summed E-state index contributed by atoms with van der Waals surface area (Å²) < 4.78 is 28.8. The van der Waals surface area contributed by atoms with Crippen molar-refractivity contribution < 1.29 is 23.1 Å². The summed E-state index contributed by atoms with van der Waals surface area (Å²) >= 11 is 0. The number of rotatable bonds is 16. The molecule has 1 aliphatic rings. The second-order valence-corrected chi connectivity index (χ2v) is 16.7. The lowest BCUT2D eigenvalue weighted by molar-refractivity contribution is -0.133. The molecule has 0 radical (unpaired) electrons. The first kappa shape index (κ1) is 38.0. The molecule has 1 fully saturated rings. The molecule has 49 heavy (non-hydrogen) atoms. The normalized spacial score (nSPS) is 16.8. The number of nitrogens with zero attached hydrogens (tertiary/aromatic N) is 1. The van der Waals surface area contributed by atoms with Gasteiger partial charge in [-0.05, 0) is 72.9 Å². The van der Waals surface area contributed by atoms with E-state index in [2.05, 4.69) is 28.1 Å². The van der Waals surface area contributed by atoms with Crippen LogP contribution >= 0.6 is 0 Å². The van der Waals surface area contributed by atoms with Crippen LogP contribution in [0.15, 0.2) is 89.8 Å². The highest BCUT2D eigenvalue weighted by molar-refractivity contribution is 7.89. The van der Waals surface area contributed by atoms with Gasteiger partial charge in [0.1, 0.15) is 6.04 Å². The molecule has 3 aromatic rings. The maximum atomic E-state index is 14.1. The Kier molecular flexibility index (Phi) is 12.3. The van der Waals surface area contributed by atoms with Crippen molar-refractivity contribution in [2.24, 2.45) is 11.3 Å². The Morgan fingerprint density at radius 1 is 0.857 bits per heavy atom. The first-order valence-corrected chi connectivity index (χ1v) is 18.5. The van der Waals surface area contributed by atoms with Gasteiger partial charge in [-0.15, -0.1) is 0 Å². The molecule has 0 aliphatic heterocycles. The van der Waals surface area contributed by atoms with Crippen molar-refractivity contribution in [2.75, 3.05) is 18.8 Å². The number of hydrogen-bond donors (Lipinski definition) is 5. The number of hydrogen-bond acceptors (Lipinski definition) is 7. The third-order valence-corrected chi connectivity index (χ3v) is 10.8. The van der Waals surface area contributed by atoms with Gasteiger partial charge in [-0.3, -0.25) is 14.9 Å². The van der Waals surface area contributed by atoms with Crippen molar-refractivity contribution in [1.82, 2.24) is 20.3 Å². The van der Waals surface area contributed by atoms with Crippen molar-refractivity contribution >= 4 is 27.5 Å². The third-order valence-electron chi connectivity index (χ3n) is 8.95. The topological polar surface area (TPSA) is 154 Å². The molecule has 3 aromatic carbocycles. The van der Waals surface area contributed by atoms with Gasteiger partial charge < -0.3 is 21.5 Å². The Bertz CT molecular complexity index is 1640. The van der Waals surface area contributed by atoms with Gasteiger partial charge in [-0.2, -0.15) is 4.31 Å². The number of aliphatic hydroxyl groups excluding tert-OH is 1. The van der Waals surface area contributed by atoms with Crippen LogP contribution in [-0.4, -0.2) is 67.0 Å². The first-order chi connectivity index (χ1) is 23.0. The van der Waals surface area contributed by atoms with Crippen LogP contribution in [0.5, 0.6) is 0 Å². The van der Waals surface area contributed by atoms with E-state index in [1.807, 2.05) is 83.1 Å². The quantitative estimate of drug-likeness (QED) is 0.141. The van der Waals surface area contributed by atoms with E-state index in [9.17, 15) is 23.1 Å². The summed E-state index contributed by atoms with van der Waals surface area (Å²) in [7, 11) is -4.00. The van der Waals surface area contributed by atoms with Gasteiger partial charge in [0.15, 0.2) is 0 Å². The lowest BCUT2D eigenvalue weighted by Crippen LogP contribution is -2.60. The van der Waals surface area contributed by atoms with Crippen molar-refractivity contribution in [2.45, 2.75) is 95.5 Å². The molecular formula is C38H53N5O5S. The van der Waals surface area contributed by atoms with Crippen molar-refractivity contribution in [3.8, 4) is 0 Å². The molecule has 0 heterocycles. The number of nitrogens with one attached hydrogen (secondary N) is 3. The summed E-state index contributed by atoms with van der Waals surface area (Å²) in [5, 5.41) is 21.2. The largest absolute Gasteiger partial charge is 0.399 e. The molecule has 11 heteroatoms. The zero-order chi connectivity index (χ0) is 36.0. The fraction of sp³-hybridized carbons (Fsp3) is 0.474. The predicted molar refractivity (Wildman–Crippen MR) is 194 cm³/mol. The Balaban J connectivity index is 1.54. The number of benzene rings is 3. The van der Waals surface area contributed by atoms with E-state index in [4.69, 9.17) is 5.73 Å². The van der Waals surface area contributed by atoms with Crippen LogP contribution in [0.3, 0.4) is 0 Å². The van der Waals surface area contributed by atoms with Crippen LogP contribution in [0.1, 0.15) is 65.5 Å². The summed E-state index contributed by atoms with van der Waals surface area (Å²) in [6.45, 7) is 11.1. The Hall–Kier alpha value is -3.77. The number of aliphatic hydroxyl groups is 1. The van der Waals surface area contributed by atoms with Gasteiger partial charge in [0.05, 0.1) is 23.1 Å². The molecule has 0 aromatic heterocycles. The number of carbonyl (C=O) groups is 2. The van der Waals surface area contributed by atoms with Crippen molar-refractivity contribution in [3.63, 3.8) is 0 Å². The van der Waals surface area contributed by atoms with Crippen LogP contribution in [0, 0.1) is 11.3 Å². The molecule has 1 saturated carbocycles. The van der Waals surface area contributed by atoms with E-state index < -0.39 is 45.6 Å². The Morgan fingerprint density at radius 3 is 1.96 bits per heavy atom. The number of anilines is 1. The summed E-state index contributed by atoms with van der Waals surface area (Å²) in [5.41, 5.74) is 7.28. The van der Waals surface area contributed by atoms with Crippen molar-refractivity contribution in [1.29, 1.82) is 0 Å². The monoisotopic (exact) mass is 691 g/mol. The first-order valence-electron chi connectivity index (χ1n) is 17.0. The maximum absolute atomic E-state index is 14.1. The van der Waals surface area contributed by atoms with Crippen LogP contribution in [0.2, 0.25) is 0 Å². The Labute approximate surface area is 291 Å². The number of carbonyl (C=O) groups excluding carboxylic acids is 2. The zero-order valence-corrected chi connectivity index (χ0v) is 30.3. The SMILES string of the molecule is CC(C)CN(CC(O)C(Cc1ccccc1)NC(=O)C(NC(=O)C(C)NC1(c2ccccc2)CC1)C(C)(C)C)S(=O)(=O)c1ccc(N)cc1. The summed E-state index contributed by atoms with van der Waals surface area (Å²) in [6, 6.07) is 23.0. The maximum Gasteiger partial charge on any atom is 0.243 e. The minimum Gasteiger partial charge on any atom is -0.399 e. The van der Waals surface area contributed by atoms with Gasteiger partial charge in [-0.25, -0.2) is 8.42 Å². The predicted octanol–water partition coefficient (Wildman–Crippen LogP) is 4.20. The molecule has 0 saturated heterocycles. The highest BCUT2D eigenvalue weighted by Gasteiger charge is 2.46. The van der Waals surface area contributed by atoms with Crippen LogP contribution < -0.4 is 21.7 Å².